The Balaban J connectivity index is 2.80. The number of hydrogen-bond donors (Lipinski definition) is 2. The molecule has 18 heavy (non-hydrogen) atoms. The van der Waals surface area contributed by atoms with E-state index in [1.54, 1.807) is 17.8 Å². The lowest BCUT2D eigenvalue weighted by atomic mass is 9.97. The van der Waals surface area contributed by atoms with Gasteiger partial charge < -0.3 is 10.4 Å². The van der Waals surface area contributed by atoms with Crippen molar-refractivity contribution in [2.75, 3.05) is 13.1 Å². The Kier molecular flexibility index (Phi) is 5.63. The minimum atomic E-state index is -0.960. The largest absolute Gasteiger partial charge is 0.384 e. The lowest BCUT2D eigenvalue weighted by molar-refractivity contribution is 0.0376. The summed E-state index contributed by atoms with van der Waals surface area (Å²) < 4.78 is 1.79. The summed E-state index contributed by atoms with van der Waals surface area (Å²) >= 11 is 6.15. The van der Waals surface area contributed by atoms with Gasteiger partial charge >= 0.3 is 0 Å². The molecule has 0 spiro atoms. The summed E-state index contributed by atoms with van der Waals surface area (Å²) in [6, 6.07) is 0.183. The zero-order valence-corrected chi connectivity index (χ0v) is 12.5. The van der Waals surface area contributed by atoms with Crippen LogP contribution in [-0.4, -0.2) is 28.0 Å². The fraction of sp³-hybridized carbons (Fsp3) is 0.769. The van der Waals surface area contributed by atoms with Crippen molar-refractivity contribution < 1.29 is 5.11 Å². The minimum Gasteiger partial charge on any atom is -0.384 e. The molecular weight excluding hydrogens is 250 g/mol. The predicted octanol–water partition coefficient (Wildman–Crippen LogP) is 2.71. The molecule has 0 fully saturated rings. The molecule has 1 rings (SSSR count). The van der Waals surface area contributed by atoms with Gasteiger partial charge in [0.05, 0.1) is 16.9 Å². The molecule has 0 saturated heterocycles. The molecule has 0 radical (unpaired) electrons. The van der Waals surface area contributed by atoms with Gasteiger partial charge in [0.1, 0.15) is 5.60 Å². The van der Waals surface area contributed by atoms with Crippen LogP contribution >= 0.6 is 11.6 Å². The van der Waals surface area contributed by atoms with Crippen molar-refractivity contribution >= 4 is 11.6 Å². The number of nitrogens with one attached hydrogen (secondary N) is 1. The highest BCUT2D eigenvalue weighted by molar-refractivity contribution is 6.31. The number of halogens is 1. The van der Waals surface area contributed by atoms with Crippen LogP contribution in [0, 0.1) is 0 Å². The second kappa shape index (κ2) is 6.55. The Morgan fingerprint density at radius 3 is 2.72 bits per heavy atom. The summed E-state index contributed by atoms with van der Waals surface area (Å²) in [5, 5.41) is 18.6. The molecule has 1 aromatic heterocycles. The third kappa shape index (κ3) is 3.70. The van der Waals surface area contributed by atoms with Crippen LogP contribution in [0.15, 0.2) is 6.20 Å². The molecule has 0 amide bonds. The lowest BCUT2D eigenvalue weighted by Crippen LogP contribution is -2.31. The Labute approximate surface area is 114 Å². The first-order valence-corrected chi connectivity index (χ1v) is 6.94. The van der Waals surface area contributed by atoms with E-state index in [1.807, 2.05) is 13.8 Å². The molecule has 1 heterocycles. The first kappa shape index (κ1) is 15.5. The molecule has 1 atom stereocenters. The molecule has 0 aliphatic carbocycles. The predicted molar refractivity (Wildman–Crippen MR) is 75.0 cm³/mol. The van der Waals surface area contributed by atoms with Crippen LogP contribution in [0.5, 0.6) is 0 Å². The summed E-state index contributed by atoms with van der Waals surface area (Å²) in [5.74, 6) is 0. The van der Waals surface area contributed by atoms with Gasteiger partial charge in [-0.15, -0.1) is 0 Å². The number of nitrogens with zero attached hydrogens (tertiary/aromatic N) is 2. The summed E-state index contributed by atoms with van der Waals surface area (Å²) in [4.78, 5) is 0. The normalized spacial score (nSPS) is 15.1. The van der Waals surface area contributed by atoms with E-state index in [4.69, 9.17) is 11.6 Å². The Hall–Kier alpha value is -0.580. The monoisotopic (exact) mass is 273 g/mol. The molecule has 1 unspecified atom stereocenters. The van der Waals surface area contributed by atoms with E-state index in [1.165, 1.54) is 0 Å². The Morgan fingerprint density at radius 2 is 2.17 bits per heavy atom. The van der Waals surface area contributed by atoms with Crippen molar-refractivity contribution in [3.63, 3.8) is 0 Å². The summed E-state index contributed by atoms with van der Waals surface area (Å²) in [7, 11) is 0. The maximum atomic E-state index is 10.6. The number of aromatic nitrogens is 2. The highest BCUT2D eigenvalue weighted by Crippen LogP contribution is 2.32. The average Bonchev–Trinajstić information content (AvgIpc) is 2.67. The highest BCUT2D eigenvalue weighted by Gasteiger charge is 2.30. The molecule has 0 saturated carbocycles. The van der Waals surface area contributed by atoms with Crippen LogP contribution in [0.4, 0.5) is 0 Å². The second-order valence-electron chi connectivity index (χ2n) is 5.15. The smallest absolute Gasteiger partial charge is 0.106 e. The highest BCUT2D eigenvalue weighted by atomic mass is 35.5. The van der Waals surface area contributed by atoms with Crippen LogP contribution in [-0.2, 0) is 5.60 Å². The minimum absolute atomic E-state index is 0.183. The molecule has 0 aliphatic rings. The molecule has 1 aromatic rings. The van der Waals surface area contributed by atoms with Crippen molar-refractivity contribution in [3.8, 4) is 0 Å². The average molecular weight is 274 g/mol. The number of aliphatic hydroxyl groups is 1. The van der Waals surface area contributed by atoms with Crippen LogP contribution in [0.25, 0.3) is 0 Å². The van der Waals surface area contributed by atoms with Gasteiger partial charge in [0.2, 0.25) is 0 Å². The van der Waals surface area contributed by atoms with Crippen LogP contribution < -0.4 is 5.32 Å². The molecular formula is C13H24ClN3O. The van der Waals surface area contributed by atoms with Crippen molar-refractivity contribution in [2.24, 2.45) is 0 Å². The molecule has 0 bridgehead atoms. The maximum Gasteiger partial charge on any atom is 0.106 e. The van der Waals surface area contributed by atoms with Gasteiger partial charge in [0.25, 0.3) is 0 Å². The van der Waals surface area contributed by atoms with Gasteiger partial charge in [-0.2, -0.15) is 5.10 Å². The summed E-state index contributed by atoms with van der Waals surface area (Å²) in [6.45, 7) is 9.70. The van der Waals surface area contributed by atoms with Gasteiger partial charge in [0, 0.05) is 6.04 Å². The van der Waals surface area contributed by atoms with Crippen LogP contribution in [0.1, 0.15) is 52.3 Å². The maximum absolute atomic E-state index is 10.6. The fourth-order valence-corrected chi connectivity index (χ4v) is 2.32. The third-order valence-electron chi connectivity index (χ3n) is 2.97. The van der Waals surface area contributed by atoms with Crippen molar-refractivity contribution in [1.29, 1.82) is 0 Å². The molecule has 104 valence electrons. The third-order valence-corrected chi connectivity index (χ3v) is 3.24. The van der Waals surface area contributed by atoms with E-state index in [9.17, 15) is 5.11 Å². The van der Waals surface area contributed by atoms with Gasteiger partial charge in [-0.25, -0.2) is 0 Å². The fourth-order valence-electron chi connectivity index (χ4n) is 1.99. The topological polar surface area (TPSA) is 50.1 Å². The van der Waals surface area contributed by atoms with Gasteiger partial charge in [-0.3, -0.25) is 4.68 Å². The van der Waals surface area contributed by atoms with Crippen molar-refractivity contribution in [1.82, 2.24) is 15.1 Å². The summed E-state index contributed by atoms with van der Waals surface area (Å²) in [5.41, 5.74) is -0.254. The Morgan fingerprint density at radius 1 is 1.50 bits per heavy atom. The lowest BCUT2D eigenvalue weighted by Gasteiger charge is -2.26. The van der Waals surface area contributed by atoms with E-state index in [0.29, 0.717) is 17.1 Å². The van der Waals surface area contributed by atoms with Crippen LogP contribution in [0.2, 0.25) is 5.02 Å². The molecule has 4 nitrogen and oxygen atoms in total. The zero-order valence-electron chi connectivity index (χ0n) is 11.7. The van der Waals surface area contributed by atoms with E-state index in [-0.39, 0.29) is 6.04 Å². The van der Waals surface area contributed by atoms with Crippen molar-refractivity contribution in [2.45, 2.75) is 52.2 Å². The van der Waals surface area contributed by atoms with E-state index in [2.05, 4.69) is 17.3 Å². The quantitative estimate of drug-likeness (QED) is 0.751. The number of rotatable bonds is 7. The number of hydrogen-bond acceptors (Lipinski definition) is 3. The second-order valence-corrected chi connectivity index (χ2v) is 5.56. The van der Waals surface area contributed by atoms with Gasteiger partial charge in [-0.1, -0.05) is 18.5 Å². The van der Waals surface area contributed by atoms with Crippen LogP contribution in [0.3, 0.4) is 0 Å². The molecule has 0 aromatic carbocycles. The standard InChI is InChI=1S/C13H24ClN3O/c1-5-7-15-8-6-13(4,18)12-11(14)9-16-17(12)10(2)3/h9-10,15,18H,5-8H2,1-4H3. The van der Waals surface area contributed by atoms with Crippen molar-refractivity contribution in [3.05, 3.63) is 16.9 Å². The van der Waals surface area contributed by atoms with Gasteiger partial charge in [0.15, 0.2) is 0 Å². The Bertz CT molecular complexity index is 374. The van der Waals surface area contributed by atoms with Gasteiger partial charge in [-0.05, 0) is 46.7 Å². The molecule has 5 heteroatoms. The first-order chi connectivity index (χ1) is 8.40. The summed E-state index contributed by atoms with van der Waals surface area (Å²) in [6.07, 6.45) is 3.31. The van der Waals surface area contributed by atoms with E-state index >= 15 is 0 Å². The SMILES string of the molecule is CCCNCCC(C)(O)c1c(Cl)cnn1C(C)C. The first-order valence-electron chi connectivity index (χ1n) is 6.56. The van der Waals surface area contributed by atoms with E-state index in [0.717, 1.165) is 19.5 Å². The zero-order chi connectivity index (χ0) is 13.8. The van der Waals surface area contributed by atoms with E-state index < -0.39 is 5.60 Å². The molecule has 0 aliphatic heterocycles. The molecule has 2 N–H and O–H groups in total.